The van der Waals surface area contributed by atoms with Crippen molar-refractivity contribution in [1.29, 1.82) is 0 Å². The second-order valence-corrected chi connectivity index (χ2v) is 4.59. The highest BCUT2D eigenvalue weighted by atomic mass is 79.9. The molecule has 0 amide bonds. The Morgan fingerprint density at radius 1 is 1.50 bits per heavy atom. The normalized spacial score (nSPS) is 12.8. The molecule has 1 rings (SSSR count). The lowest BCUT2D eigenvalue weighted by Crippen LogP contribution is -2.29. The van der Waals surface area contributed by atoms with Crippen molar-refractivity contribution in [3.63, 3.8) is 0 Å². The molecule has 0 aliphatic rings. The van der Waals surface area contributed by atoms with E-state index >= 15 is 0 Å². The number of rotatable bonds is 6. The zero-order chi connectivity index (χ0) is 12.0. The van der Waals surface area contributed by atoms with Gasteiger partial charge in [-0.2, -0.15) is 0 Å². The number of benzene rings is 1. The van der Waals surface area contributed by atoms with Gasteiger partial charge in [0.05, 0.1) is 0 Å². The molecule has 0 heterocycles. The van der Waals surface area contributed by atoms with E-state index in [-0.39, 0.29) is 18.5 Å². The molecule has 2 nitrogen and oxygen atoms in total. The zero-order valence-corrected chi connectivity index (χ0v) is 10.9. The van der Waals surface area contributed by atoms with Gasteiger partial charge in [0, 0.05) is 23.7 Å². The van der Waals surface area contributed by atoms with Crippen molar-refractivity contribution in [2.45, 2.75) is 32.4 Å². The van der Waals surface area contributed by atoms with Gasteiger partial charge in [0.15, 0.2) is 0 Å². The molecule has 16 heavy (non-hydrogen) atoms. The third-order valence-corrected chi connectivity index (χ3v) is 3.33. The standard InChI is InChI=1S/C12H17BrFNO/c1-2-11(5-6-16)15-8-9-7-10(14)3-4-12(9)13/h3-4,7,11,15-16H,2,5-6,8H2,1H3. The van der Waals surface area contributed by atoms with Crippen molar-refractivity contribution < 1.29 is 9.50 Å². The molecule has 0 saturated carbocycles. The average Bonchev–Trinajstić information content (AvgIpc) is 2.28. The van der Waals surface area contributed by atoms with Gasteiger partial charge in [-0.05, 0) is 36.6 Å². The van der Waals surface area contributed by atoms with Crippen molar-refractivity contribution in [2.75, 3.05) is 6.61 Å². The van der Waals surface area contributed by atoms with E-state index in [0.717, 1.165) is 22.9 Å². The first-order valence-corrected chi connectivity index (χ1v) is 6.24. The summed E-state index contributed by atoms with van der Waals surface area (Å²) in [5.41, 5.74) is 0.899. The van der Waals surface area contributed by atoms with Gasteiger partial charge >= 0.3 is 0 Å². The predicted molar refractivity (Wildman–Crippen MR) is 66.7 cm³/mol. The minimum atomic E-state index is -0.227. The highest BCUT2D eigenvalue weighted by molar-refractivity contribution is 9.10. The second kappa shape index (κ2) is 6.99. The Labute approximate surface area is 104 Å². The van der Waals surface area contributed by atoms with Crippen LogP contribution in [-0.4, -0.2) is 17.8 Å². The van der Waals surface area contributed by atoms with E-state index < -0.39 is 0 Å². The van der Waals surface area contributed by atoms with Crippen LogP contribution >= 0.6 is 15.9 Å². The minimum absolute atomic E-state index is 0.176. The van der Waals surface area contributed by atoms with Crippen molar-refractivity contribution in [2.24, 2.45) is 0 Å². The van der Waals surface area contributed by atoms with Crippen LogP contribution in [0.15, 0.2) is 22.7 Å². The van der Waals surface area contributed by atoms with Crippen molar-refractivity contribution in [1.82, 2.24) is 5.32 Å². The Hall–Kier alpha value is -0.450. The number of aliphatic hydroxyl groups is 1. The fraction of sp³-hybridized carbons (Fsp3) is 0.500. The van der Waals surface area contributed by atoms with Crippen LogP contribution in [0.1, 0.15) is 25.3 Å². The van der Waals surface area contributed by atoms with Crippen LogP contribution < -0.4 is 5.32 Å². The zero-order valence-electron chi connectivity index (χ0n) is 9.34. The van der Waals surface area contributed by atoms with E-state index in [4.69, 9.17) is 5.11 Å². The Balaban J connectivity index is 2.55. The summed E-state index contributed by atoms with van der Waals surface area (Å²) in [6.45, 7) is 2.85. The summed E-state index contributed by atoms with van der Waals surface area (Å²) in [6, 6.07) is 4.93. The number of aliphatic hydroxyl groups excluding tert-OH is 1. The highest BCUT2D eigenvalue weighted by Gasteiger charge is 2.07. The molecule has 4 heteroatoms. The lowest BCUT2D eigenvalue weighted by atomic mass is 10.1. The predicted octanol–water partition coefficient (Wildman–Crippen LogP) is 2.84. The highest BCUT2D eigenvalue weighted by Crippen LogP contribution is 2.17. The monoisotopic (exact) mass is 289 g/mol. The first kappa shape index (κ1) is 13.6. The third-order valence-electron chi connectivity index (χ3n) is 2.56. The third kappa shape index (κ3) is 4.20. The molecule has 0 radical (unpaired) electrons. The van der Waals surface area contributed by atoms with Crippen LogP contribution in [0.5, 0.6) is 0 Å². The largest absolute Gasteiger partial charge is 0.396 e. The summed E-state index contributed by atoms with van der Waals surface area (Å²) < 4.78 is 13.9. The molecule has 1 aromatic carbocycles. The molecule has 0 saturated heterocycles. The first-order valence-electron chi connectivity index (χ1n) is 5.45. The molecule has 0 bridgehead atoms. The summed E-state index contributed by atoms with van der Waals surface area (Å²) in [4.78, 5) is 0. The second-order valence-electron chi connectivity index (χ2n) is 3.73. The van der Waals surface area contributed by atoms with Crippen LogP contribution in [0, 0.1) is 5.82 Å². The van der Waals surface area contributed by atoms with Gasteiger partial charge < -0.3 is 10.4 Å². The molecular weight excluding hydrogens is 273 g/mol. The number of hydrogen-bond acceptors (Lipinski definition) is 2. The molecule has 0 aromatic heterocycles. The average molecular weight is 290 g/mol. The van der Waals surface area contributed by atoms with Gasteiger partial charge in [0.2, 0.25) is 0 Å². The smallest absolute Gasteiger partial charge is 0.123 e. The Bertz CT molecular complexity index is 333. The SMILES string of the molecule is CCC(CCO)NCc1cc(F)ccc1Br. The summed E-state index contributed by atoms with van der Waals surface area (Å²) in [5.74, 6) is -0.227. The minimum Gasteiger partial charge on any atom is -0.396 e. The Kier molecular flexibility index (Phi) is 5.95. The van der Waals surface area contributed by atoms with Crippen LogP contribution in [-0.2, 0) is 6.54 Å². The Morgan fingerprint density at radius 3 is 2.88 bits per heavy atom. The molecule has 0 spiro atoms. The molecule has 0 aliphatic heterocycles. The van der Waals surface area contributed by atoms with E-state index in [9.17, 15) is 4.39 Å². The van der Waals surface area contributed by atoms with E-state index in [1.807, 2.05) is 0 Å². The first-order chi connectivity index (χ1) is 7.67. The molecule has 1 atom stereocenters. The fourth-order valence-corrected chi connectivity index (χ4v) is 1.93. The van der Waals surface area contributed by atoms with Crippen LogP contribution in [0.2, 0.25) is 0 Å². The van der Waals surface area contributed by atoms with Gasteiger partial charge in [-0.1, -0.05) is 22.9 Å². The maximum atomic E-state index is 13.0. The molecule has 0 fully saturated rings. The topological polar surface area (TPSA) is 32.3 Å². The van der Waals surface area contributed by atoms with Gasteiger partial charge in [-0.3, -0.25) is 0 Å². The molecule has 0 aliphatic carbocycles. The van der Waals surface area contributed by atoms with Crippen LogP contribution in [0.3, 0.4) is 0 Å². The summed E-state index contributed by atoms with van der Waals surface area (Å²) in [5, 5.41) is 12.2. The number of halogens is 2. The molecule has 1 unspecified atom stereocenters. The van der Waals surface area contributed by atoms with Crippen molar-refractivity contribution >= 4 is 15.9 Å². The van der Waals surface area contributed by atoms with E-state index in [2.05, 4.69) is 28.2 Å². The fourth-order valence-electron chi connectivity index (χ4n) is 1.54. The van der Waals surface area contributed by atoms with Gasteiger partial charge in [-0.25, -0.2) is 4.39 Å². The maximum absolute atomic E-state index is 13.0. The quantitative estimate of drug-likeness (QED) is 0.844. The summed E-state index contributed by atoms with van der Waals surface area (Å²) in [7, 11) is 0. The molecular formula is C12H17BrFNO. The van der Waals surface area contributed by atoms with Gasteiger partial charge in [0.1, 0.15) is 5.82 Å². The lowest BCUT2D eigenvalue weighted by molar-refractivity contribution is 0.262. The Morgan fingerprint density at radius 2 is 2.25 bits per heavy atom. The van der Waals surface area contributed by atoms with Crippen LogP contribution in [0.4, 0.5) is 4.39 Å². The summed E-state index contributed by atoms with van der Waals surface area (Å²) >= 11 is 3.39. The van der Waals surface area contributed by atoms with Crippen molar-refractivity contribution in [3.05, 3.63) is 34.1 Å². The van der Waals surface area contributed by atoms with Gasteiger partial charge in [-0.15, -0.1) is 0 Å². The van der Waals surface area contributed by atoms with E-state index in [0.29, 0.717) is 6.54 Å². The lowest BCUT2D eigenvalue weighted by Gasteiger charge is -2.16. The summed E-state index contributed by atoms with van der Waals surface area (Å²) in [6.07, 6.45) is 1.68. The molecule has 1 aromatic rings. The van der Waals surface area contributed by atoms with E-state index in [1.54, 1.807) is 6.07 Å². The molecule has 2 N–H and O–H groups in total. The van der Waals surface area contributed by atoms with E-state index in [1.165, 1.54) is 12.1 Å². The van der Waals surface area contributed by atoms with Crippen molar-refractivity contribution in [3.8, 4) is 0 Å². The maximum Gasteiger partial charge on any atom is 0.123 e. The van der Waals surface area contributed by atoms with Gasteiger partial charge in [0.25, 0.3) is 0 Å². The van der Waals surface area contributed by atoms with Crippen LogP contribution in [0.25, 0.3) is 0 Å². The molecule has 90 valence electrons. The number of nitrogens with one attached hydrogen (secondary N) is 1. The number of hydrogen-bond donors (Lipinski definition) is 2.